The first-order chi connectivity index (χ1) is 13.0. The van der Waals surface area contributed by atoms with E-state index >= 15 is 0 Å². The van der Waals surface area contributed by atoms with Crippen molar-refractivity contribution in [1.82, 2.24) is 4.90 Å². The number of rotatable bonds is 4. The van der Waals surface area contributed by atoms with Crippen molar-refractivity contribution in [3.8, 4) is 5.75 Å². The molecule has 0 radical (unpaired) electrons. The maximum absolute atomic E-state index is 12.6. The van der Waals surface area contributed by atoms with E-state index in [0.29, 0.717) is 53.0 Å². The summed E-state index contributed by atoms with van der Waals surface area (Å²) in [5, 5.41) is 3.77. The number of halogens is 2. The first-order valence-corrected chi connectivity index (χ1v) is 9.43. The number of hydrogen-bond donors (Lipinski definition) is 1. The fraction of sp³-hybridized carbons (Fsp3) is 0.300. The highest BCUT2D eigenvalue weighted by molar-refractivity contribution is 6.33. The number of hydrogen-bond acceptors (Lipinski definition) is 3. The molecule has 0 bridgehead atoms. The summed E-state index contributed by atoms with van der Waals surface area (Å²) in [5.41, 5.74) is 1.12. The topological polar surface area (TPSA) is 58.6 Å². The van der Waals surface area contributed by atoms with E-state index < -0.39 is 0 Å². The average molecular weight is 407 g/mol. The zero-order valence-electron chi connectivity index (χ0n) is 14.9. The second-order valence-electron chi connectivity index (χ2n) is 6.38. The molecule has 0 unspecified atom stereocenters. The van der Waals surface area contributed by atoms with Gasteiger partial charge in [-0.3, -0.25) is 9.59 Å². The highest BCUT2D eigenvalue weighted by Gasteiger charge is 2.28. The van der Waals surface area contributed by atoms with Crippen molar-refractivity contribution in [3.63, 3.8) is 0 Å². The van der Waals surface area contributed by atoms with Crippen LogP contribution in [-0.4, -0.2) is 36.9 Å². The van der Waals surface area contributed by atoms with Crippen LogP contribution in [0.25, 0.3) is 0 Å². The van der Waals surface area contributed by atoms with E-state index in [4.69, 9.17) is 27.9 Å². The van der Waals surface area contributed by atoms with Crippen LogP contribution in [0.2, 0.25) is 10.0 Å². The minimum atomic E-state index is -0.152. The standard InChI is InChI=1S/C20H20Cl2N2O3/c1-27-18-7-6-14(12-17(18)22)23-19(25)13-8-10-24(11-9-13)20(26)15-4-2-3-5-16(15)21/h2-7,12-13H,8-11H2,1H3,(H,23,25). The van der Waals surface area contributed by atoms with Crippen molar-refractivity contribution in [1.29, 1.82) is 0 Å². The fourth-order valence-electron chi connectivity index (χ4n) is 3.14. The summed E-state index contributed by atoms with van der Waals surface area (Å²) in [6.07, 6.45) is 1.21. The molecule has 0 aromatic heterocycles. The Hall–Kier alpha value is -2.24. The molecule has 2 aromatic carbocycles. The van der Waals surface area contributed by atoms with Gasteiger partial charge in [-0.05, 0) is 43.2 Å². The van der Waals surface area contributed by atoms with Crippen LogP contribution in [0.3, 0.4) is 0 Å². The molecule has 0 aliphatic carbocycles. The van der Waals surface area contributed by atoms with Gasteiger partial charge >= 0.3 is 0 Å². The van der Waals surface area contributed by atoms with Gasteiger partial charge in [0, 0.05) is 24.7 Å². The molecule has 0 spiro atoms. The lowest BCUT2D eigenvalue weighted by atomic mass is 9.95. The summed E-state index contributed by atoms with van der Waals surface area (Å²) in [7, 11) is 1.54. The largest absolute Gasteiger partial charge is 0.495 e. The molecule has 1 heterocycles. The van der Waals surface area contributed by atoms with Crippen LogP contribution in [0, 0.1) is 5.92 Å². The molecule has 1 fully saturated rings. The minimum Gasteiger partial charge on any atom is -0.495 e. The van der Waals surface area contributed by atoms with Crippen LogP contribution >= 0.6 is 23.2 Å². The molecule has 0 atom stereocenters. The van der Waals surface area contributed by atoms with Crippen LogP contribution in [-0.2, 0) is 4.79 Å². The lowest BCUT2D eigenvalue weighted by Crippen LogP contribution is -2.41. The van der Waals surface area contributed by atoms with Gasteiger partial charge in [0.1, 0.15) is 5.75 Å². The van der Waals surface area contributed by atoms with Crippen LogP contribution in [0.1, 0.15) is 23.2 Å². The van der Waals surface area contributed by atoms with Crippen molar-refractivity contribution in [2.45, 2.75) is 12.8 Å². The van der Waals surface area contributed by atoms with Gasteiger partial charge < -0.3 is 15.0 Å². The number of anilines is 1. The summed E-state index contributed by atoms with van der Waals surface area (Å²) in [4.78, 5) is 26.9. The highest BCUT2D eigenvalue weighted by Crippen LogP contribution is 2.28. The maximum atomic E-state index is 12.6. The van der Waals surface area contributed by atoms with E-state index in [-0.39, 0.29) is 17.7 Å². The SMILES string of the molecule is COc1ccc(NC(=O)C2CCN(C(=O)c3ccccc3Cl)CC2)cc1Cl. The number of piperidine rings is 1. The van der Waals surface area contributed by atoms with Crippen molar-refractivity contribution in [2.75, 3.05) is 25.5 Å². The number of nitrogens with zero attached hydrogens (tertiary/aromatic N) is 1. The lowest BCUT2D eigenvalue weighted by molar-refractivity contribution is -0.121. The summed E-state index contributed by atoms with van der Waals surface area (Å²) >= 11 is 12.2. The Balaban J connectivity index is 1.57. The molecule has 1 saturated heterocycles. The van der Waals surface area contributed by atoms with Gasteiger partial charge in [-0.2, -0.15) is 0 Å². The molecular formula is C20H20Cl2N2O3. The van der Waals surface area contributed by atoms with Crippen LogP contribution < -0.4 is 10.1 Å². The van der Waals surface area contributed by atoms with Crippen molar-refractivity contribution in [2.24, 2.45) is 5.92 Å². The molecule has 0 saturated carbocycles. The number of carbonyl (C=O) groups is 2. The lowest BCUT2D eigenvalue weighted by Gasteiger charge is -2.31. The predicted octanol–water partition coefficient (Wildman–Crippen LogP) is 4.49. The Morgan fingerprint density at radius 3 is 2.41 bits per heavy atom. The van der Waals surface area contributed by atoms with E-state index in [0.717, 1.165) is 0 Å². The van der Waals surface area contributed by atoms with Crippen LogP contribution in [0.4, 0.5) is 5.69 Å². The Morgan fingerprint density at radius 1 is 1.07 bits per heavy atom. The fourth-order valence-corrected chi connectivity index (χ4v) is 3.61. The molecule has 142 valence electrons. The Kier molecular flexibility index (Phi) is 6.24. The van der Waals surface area contributed by atoms with E-state index in [9.17, 15) is 9.59 Å². The first-order valence-electron chi connectivity index (χ1n) is 8.68. The normalized spacial score (nSPS) is 14.7. The van der Waals surface area contributed by atoms with Gasteiger partial charge in [0.25, 0.3) is 5.91 Å². The highest BCUT2D eigenvalue weighted by atomic mass is 35.5. The van der Waals surface area contributed by atoms with E-state index in [1.54, 1.807) is 47.4 Å². The third-order valence-electron chi connectivity index (χ3n) is 4.68. The van der Waals surface area contributed by atoms with Crippen molar-refractivity contribution < 1.29 is 14.3 Å². The summed E-state index contributed by atoms with van der Waals surface area (Å²) < 4.78 is 5.11. The predicted molar refractivity (Wildman–Crippen MR) is 107 cm³/mol. The monoisotopic (exact) mass is 406 g/mol. The van der Waals surface area contributed by atoms with Gasteiger partial charge in [-0.25, -0.2) is 0 Å². The number of benzene rings is 2. The average Bonchev–Trinajstić information content (AvgIpc) is 2.68. The molecule has 1 N–H and O–H groups in total. The second kappa shape index (κ2) is 8.63. The zero-order chi connectivity index (χ0) is 19.4. The molecule has 2 amide bonds. The molecule has 1 aliphatic rings. The molecule has 3 rings (SSSR count). The second-order valence-corrected chi connectivity index (χ2v) is 7.20. The summed E-state index contributed by atoms with van der Waals surface area (Å²) in [6.45, 7) is 1.04. The smallest absolute Gasteiger partial charge is 0.255 e. The number of nitrogens with one attached hydrogen (secondary N) is 1. The molecule has 7 heteroatoms. The van der Waals surface area contributed by atoms with Crippen LogP contribution in [0.15, 0.2) is 42.5 Å². The summed E-state index contributed by atoms with van der Waals surface area (Å²) in [6, 6.07) is 12.1. The van der Waals surface area contributed by atoms with Gasteiger partial charge in [0.15, 0.2) is 0 Å². The zero-order valence-corrected chi connectivity index (χ0v) is 16.4. The minimum absolute atomic E-state index is 0.0684. The van der Waals surface area contributed by atoms with Crippen molar-refractivity contribution in [3.05, 3.63) is 58.1 Å². The molecule has 27 heavy (non-hydrogen) atoms. The molecule has 5 nitrogen and oxygen atoms in total. The molecular weight excluding hydrogens is 387 g/mol. The Morgan fingerprint density at radius 2 is 1.78 bits per heavy atom. The third-order valence-corrected chi connectivity index (χ3v) is 5.30. The van der Waals surface area contributed by atoms with Gasteiger partial charge in [0.05, 0.1) is 22.7 Å². The van der Waals surface area contributed by atoms with Gasteiger partial charge in [-0.15, -0.1) is 0 Å². The van der Waals surface area contributed by atoms with Gasteiger partial charge in [0.2, 0.25) is 5.91 Å². The quantitative estimate of drug-likeness (QED) is 0.813. The number of carbonyl (C=O) groups excluding carboxylic acids is 2. The molecule has 1 aliphatic heterocycles. The summed E-state index contributed by atoms with van der Waals surface area (Å²) in [5.74, 6) is 0.240. The maximum Gasteiger partial charge on any atom is 0.255 e. The van der Waals surface area contributed by atoms with E-state index in [1.165, 1.54) is 7.11 Å². The third kappa shape index (κ3) is 4.54. The Labute approximate surface area is 168 Å². The van der Waals surface area contributed by atoms with Crippen LogP contribution in [0.5, 0.6) is 5.75 Å². The number of amides is 2. The number of methoxy groups -OCH3 is 1. The first kappa shape index (κ1) is 19.5. The Bertz CT molecular complexity index is 849. The van der Waals surface area contributed by atoms with Gasteiger partial charge in [-0.1, -0.05) is 35.3 Å². The molecule has 2 aromatic rings. The van der Waals surface area contributed by atoms with Crippen molar-refractivity contribution >= 4 is 40.7 Å². The number of likely N-dealkylation sites (tertiary alicyclic amines) is 1. The van der Waals surface area contributed by atoms with E-state index in [2.05, 4.69) is 5.32 Å². The van der Waals surface area contributed by atoms with E-state index in [1.807, 2.05) is 0 Å². The number of ether oxygens (including phenoxy) is 1.